The summed E-state index contributed by atoms with van der Waals surface area (Å²) in [7, 11) is -4.87. The Hall–Kier alpha value is -1.07. The molecule has 0 saturated carbocycles. The van der Waals surface area contributed by atoms with Crippen LogP contribution in [0.1, 0.15) is 0 Å². The van der Waals surface area contributed by atoms with Gasteiger partial charge in [-0.25, -0.2) is 8.42 Å². The minimum absolute atomic E-state index is 0. The molecule has 0 aliphatic rings. The van der Waals surface area contributed by atoms with Crippen molar-refractivity contribution in [1.82, 2.24) is 0 Å². The molecule has 0 heterocycles. The molecule has 0 radical (unpaired) electrons. The van der Waals surface area contributed by atoms with Crippen LogP contribution in [0.5, 0.6) is 0 Å². The average Bonchev–Trinajstić information content (AvgIpc) is 2.01. The van der Waals surface area contributed by atoms with E-state index in [1.807, 2.05) is 0 Å². The fraction of sp³-hybridized carbons (Fsp3) is 0. The minimum atomic E-state index is -4.87. The summed E-state index contributed by atoms with van der Waals surface area (Å²) in [6.07, 6.45) is 0. The Kier molecular flexibility index (Phi) is 4.30. The van der Waals surface area contributed by atoms with Crippen molar-refractivity contribution < 1.29 is 36.8 Å². The first-order chi connectivity index (χ1) is 6.32. The second-order valence-electron chi connectivity index (χ2n) is 2.44. The predicted molar refractivity (Wildman–Crippen MR) is 45.5 cm³/mol. The monoisotopic (exact) mass is 224 g/mol. The number of hydrogen-bond acceptors (Lipinski definition) is 6. The van der Waals surface area contributed by atoms with Crippen LogP contribution in [0.4, 0.5) is 11.4 Å². The van der Waals surface area contributed by atoms with Crippen molar-refractivity contribution in [1.29, 1.82) is 0 Å². The van der Waals surface area contributed by atoms with E-state index in [0.717, 1.165) is 18.2 Å². The van der Waals surface area contributed by atoms with Crippen molar-refractivity contribution in [3.8, 4) is 0 Å². The van der Waals surface area contributed by atoms with Crippen LogP contribution in [0, 0.1) is 10.1 Å². The van der Waals surface area contributed by atoms with E-state index in [1.165, 1.54) is 0 Å². The third-order valence-corrected chi connectivity index (χ3v) is 2.32. The molecule has 15 heavy (non-hydrogen) atoms. The molecular formula is C6H5LiN2O5S. The van der Waals surface area contributed by atoms with Crippen molar-refractivity contribution in [3.05, 3.63) is 28.3 Å². The smallest absolute Gasteiger partial charge is 0.744 e. The summed E-state index contributed by atoms with van der Waals surface area (Å²) >= 11 is 0. The summed E-state index contributed by atoms with van der Waals surface area (Å²) in [5.74, 6) is 0. The molecular weight excluding hydrogens is 219 g/mol. The summed E-state index contributed by atoms with van der Waals surface area (Å²) in [6.45, 7) is 0. The molecule has 0 bridgehead atoms. The molecule has 0 aliphatic heterocycles. The average molecular weight is 224 g/mol. The zero-order valence-electron chi connectivity index (χ0n) is 7.71. The van der Waals surface area contributed by atoms with Gasteiger partial charge in [0.25, 0.3) is 5.69 Å². The van der Waals surface area contributed by atoms with Gasteiger partial charge in [-0.1, -0.05) is 0 Å². The van der Waals surface area contributed by atoms with E-state index < -0.39 is 25.6 Å². The van der Waals surface area contributed by atoms with Crippen LogP contribution in [-0.4, -0.2) is 17.9 Å². The number of benzene rings is 1. The summed E-state index contributed by atoms with van der Waals surface area (Å²) in [4.78, 5) is 8.47. The molecule has 0 unspecified atom stereocenters. The number of nitrogen functional groups attached to an aromatic ring is 1. The second kappa shape index (κ2) is 4.63. The van der Waals surface area contributed by atoms with Crippen molar-refractivity contribution in [2.24, 2.45) is 0 Å². The van der Waals surface area contributed by atoms with Gasteiger partial charge in [0, 0.05) is 11.8 Å². The van der Waals surface area contributed by atoms with Gasteiger partial charge in [-0.15, -0.1) is 0 Å². The molecule has 9 heteroatoms. The van der Waals surface area contributed by atoms with Crippen LogP contribution < -0.4 is 24.6 Å². The Morgan fingerprint density at radius 3 is 2.27 bits per heavy atom. The maximum Gasteiger partial charge on any atom is 1.00 e. The van der Waals surface area contributed by atoms with E-state index in [4.69, 9.17) is 5.73 Å². The van der Waals surface area contributed by atoms with Crippen molar-refractivity contribution >= 4 is 21.5 Å². The number of nitrogens with two attached hydrogens (primary N) is 1. The molecule has 0 aromatic heterocycles. The molecule has 0 spiro atoms. The quantitative estimate of drug-likeness (QED) is 0.188. The van der Waals surface area contributed by atoms with Crippen LogP contribution in [0.3, 0.4) is 0 Å². The van der Waals surface area contributed by atoms with Crippen LogP contribution >= 0.6 is 0 Å². The zero-order valence-corrected chi connectivity index (χ0v) is 8.52. The molecule has 1 aromatic rings. The fourth-order valence-corrected chi connectivity index (χ4v) is 1.56. The van der Waals surface area contributed by atoms with E-state index in [9.17, 15) is 23.1 Å². The molecule has 0 aliphatic carbocycles. The topological polar surface area (TPSA) is 126 Å². The first kappa shape index (κ1) is 13.9. The molecule has 7 nitrogen and oxygen atoms in total. The maximum absolute atomic E-state index is 10.6. The van der Waals surface area contributed by atoms with Gasteiger partial charge in [0.1, 0.15) is 15.0 Å². The largest absolute Gasteiger partial charge is 1.00 e. The third kappa shape index (κ3) is 3.21. The second-order valence-corrected chi connectivity index (χ2v) is 3.79. The van der Waals surface area contributed by atoms with Crippen LogP contribution in [0.2, 0.25) is 0 Å². The SMILES string of the molecule is Nc1ccc([N+](=O)[O-])c(S(=O)(=O)[O-])c1.[Li+]. The zero-order chi connectivity index (χ0) is 10.9. The minimum Gasteiger partial charge on any atom is -0.744 e. The van der Waals surface area contributed by atoms with Crippen molar-refractivity contribution in [3.63, 3.8) is 0 Å². The Bertz CT molecular complexity index is 486. The standard InChI is InChI=1S/C6H6N2O5S.Li/c7-4-1-2-5(8(9)10)6(3-4)14(11,12)13;/h1-3H,7H2,(H,11,12,13);/q;+1/p-1. The van der Waals surface area contributed by atoms with Crippen LogP contribution in [0.15, 0.2) is 23.1 Å². The van der Waals surface area contributed by atoms with Crippen molar-refractivity contribution in [2.75, 3.05) is 5.73 Å². The summed E-state index contributed by atoms with van der Waals surface area (Å²) < 4.78 is 31.8. The van der Waals surface area contributed by atoms with Crippen molar-refractivity contribution in [2.45, 2.75) is 4.90 Å². The van der Waals surface area contributed by atoms with Gasteiger partial charge >= 0.3 is 18.9 Å². The molecule has 1 rings (SSSR count). The number of hydrogen-bond donors (Lipinski definition) is 1. The Morgan fingerprint density at radius 1 is 1.33 bits per heavy atom. The summed E-state index contributed by atoms with van der Waals surface area (Å²) in [5.41, 5.74) is 4.41. The van der Waals surface area contributed by atoms with E-state index in [-0.39, 0.29) is 24.5 Å². The third-order valence-electron chi connectivity index (χ3n) is 1.45. The Morgan fingerprint density at radius 2 is 1.87 bits per heavy atom. The number of nitro groups is 1. The number of nitro benzene ring substituents is 1. The molecule has 0 atom stereocenters. The van der Waals surface area contributed by atoms with E-state index in [2.05, 4.69) is 0 Å². The normalized spacial score (nSPS) is 10.5. The first-order valence-corrected chi connectivity index (χ1v) is 4.73. The van der Waals surface area contributed by atoms with E-state index >= 15 is 0 Å². The number of rotatable bonds is 2. The van der Waals surface area contributed by atoms with Gasteiger partial charge in [-0.05, 0) is 12.1 Å². The van der Waals surface area contributed by atoms with Gasteiger partial charge in [-0.2, -0.15) is 0 Å². The molecule has 2 N–H and O–H groups in total. The summed E-state index contributed by atoms with van der Waals surface area (Å²) in [5, 5.41) is 10.3. The Labute approximate surface area is 97.4 Å². The van der Waals surface area contributed by atoms with Gasteiger partial charge in [0.05, 0.1) is 4.92 Å². The van der Waals surface area contributed by atoms with Gasteiger partial charge in [0.2, 0.25) is 0 Å². The fourth-order valence-electron chi connectivity index (χ4n) is 0.882. The summed E-state index contributed by atoms with van der Waals surface area (Å²) in [6, 6.07) is 2.79. The predicted octanol–water partition coefficient (Wildman–Crippen LogP) is -2.91. The van der Waals surface area contributed by atoms with Gasteiger partial charge in [-0.3, -0.25) is 10.1 Å². The number of anilines is 1. The van der Waals surface area contributed by atoms with Crippen LogP contribution in [-0.2, 0) is 10.1 Å². The molecule has 0 amide bonds. The van der Waals surface area contributed by atoms with E-state index in [0.29, 0.717) is 0 Å². The number of nitrogens with zero attached hydrogens (tertiary/aromatic N) is 1. The van der Waals surface area contributed by atoms with Gasteiger partial charge < -0.3 is 10.3 Å². The molecule has 1 aromatic carbocycles. The van der Waals surface area contributed by atoms with Crippen LogP contribution in [0.25, 0.3) is 0 Å². The first-order valence-electron chi connectivity index (χ1n) is 3.32. The Balaban J connectivity index is 0.00000196. The van der Waals surface area contributed by atoms with Gasteiger partial charge in [0.15, 0.2) is 0 Å². The maximum atomic E-state index is 10.6. The van der Waals surface area contributed by atoms with E-state index in [1.54, 1.807) is 0 Å². The molecule has 76 valence electrons. The molecule has 0 saturated heterocycles. The molecule has 0 fully saturated rings.